The number of methoxy groups -OCH3 is 3. The molecule has 2 aromatic rings. The Morgan fingerprint density at radius 3 is 1.95 bits per heavy atom. The molecule has 0 aliphatic heterocycles. The minimum atomic E-state index is 0.208. The predicted octanol–water partition coefficient (Wildman–Crippen LogP) is 2.06. The zero-order chi connectivity index (χ0) is 14.7. The van der Waals surface area contributed by atoms with E-state index < -0.39 is 0 Å². The maximum atomic E-state index is 5.71. The van der Waals surface area contributed by atoms with Crippen LogP contribution >= 0.6 is 0 Å². The highest BCUT2D eigenvalue weighted by atomic mass is 16.5. The van der Waals surface area contributed by atoms with Gasteiger partial charge in [-0.05, 0) is 13.0 Å². The van der Waals surface area contributed by atoms with Crippen LogP contribution in [0, 0.1) is 6.92 Å². The first kappa shape index (κ1) is 13.9. The average Bonchev–Trinajstić information content (AvgIpc) is 2.44. The third-order valence-electron chi connectivity index (χ3n) is 2.84. The van der Waals surface area contributed by atoms with Crippen LogP contribution in [0.5, 0.6) is 17.2 Å². The second kappa shape index (κ2) is 5.64. The van der Waals surface area contributed by atoms with Crippen LogP contribution in [-0.4, -0.2) is 31.3 Å². The molecular weight excluding hydrogens is 258 g/mol. The van der Waals surface area contributed by atoms with E-state index in [0.29, 0.717) is 28.5 Å². The minimum Gasteiger partial charge on any atom is -0.496 e. The molecule has 20 heavy (non-hydrogen) atoms. The Labute approximate surface area is 117 Å². The van der Waals surface area contributed by atoms with E-state index in [9.17, 15) is 0 Å². The molecule has 0 aliphatic carbocycles. The van der Waals surface area contributed by atoms with Gasteiger partial charge in [0, 0.05) is 17.8 Å². The summed E-state index contributed by atoms with van der Waals surface area (Å²) in [5.74, 6) is 2.04. The number of nitrogens with zero attached hydrogens (tertiary/aromatic N) is 2. The van der Waals surface area contributed by atoms with Gasteiger partial charge in [-0.3, -0.25) is 0 Å². The van der Waals surface area contributed by atoms with Crippen LogP contribution in [0.4, 0.5) is 5.95 Å². The number of aryl methyl sites for hydroxylation is 1. The molecule has 0 radical (unpaired) electrons. The molecule has 0 saturated heterocycles. The van der Waals surface area contributed by atoms with Gasteiger partial charge in [0.15, 0.2) is 0 Å². The Morgan fingerprint density at radius 1 is 0.900 bits per heavy atom. The van der Waals surface area contributed by atoms with Gasteiger partial charge in [-0.2, -0.15) is 0 Å². The summed E-state index contributed by atoms with van der Waals surface area (Å²) in [5.41, 5.74) is 7.84. The van der Waals surface area contributed by atoms with Crippen LogP contribution in [0.1, 0.15) is 5.69 Å². The quantitative estimate of drug-likeness (QED) is 0.920. The molecule has 6 heteroatoms. The Kier molecular flexibility index (Phi) is 3.93. The molecule has 106 valence electrons. The van der Waals surface area contributed by atoms with Crippen molar-refractivity contribution in [2.45, 2.75) is 6.92 Å². The highest BCUT2D eigenvalue weighted by molar-refractivity contribution is 5.76. The number of nitrogens with two attached hydrogens (primary N) is 1. The lowest BCUT2D eigenvalue weighted by molar-refractivity contribution is 0.377. The number of rotatable bonds is 4. The van der Waals surface area contributed by atoms with E-state index in [1.165, 1.54) is 0 Å². The van der Waals surface area contributed by atoms with E-state index in [-0.39, 0.29) is 5.95 Å². The number of ether oxygens (including phenoxy) is 3. The van der Waals surface area contributed by atoms with E-state index in [1.54, 1.807) is 33.5 Å². The van der Waals surface area contributed by atoms with Crippen molar-refractivity contribution in [3.8, 4) is 28.5 Å². The lowest BCUT2D eigenvalue weighted by Crippen LogP contribution is -2.01. The number of anilines is 1. The molecule has 0 bridgehead atoms. The molecule has 2 rings (SSSR count). The van der Waals surface area contributed by atoms with Gasteiger partial charge >= 0.3 is 0 Å². The van der Waals surface area contributed by atoms with E-state index in [2.05, 4.69) is 9.97 Å². The van der Waals surface area contributed by atoms with Crippen molar-refractivity contribution >= 4 is 5.95 Å². The van der Waals surface area contributed by atoms with E-state index in [1.807, 2.05) is 13.0 Å². The molecule has 0 aliphatic rings. The number of hydrogen-bond acceptors (Lipinski definition) is 6. The van der Waals surface area contributed by atoms with Crippen molar-refractivity contribution in [2.75, 3.05) is 27.1 Å². The Morgan fingerprint density at radius 2 is 1.50 bits per heavy atom. The molecule has 0 saturated carbocycles. The fourth-order valence-corrected chi connectivity index (χ4v) is 1.98. The first-order valence-corrected chi connectivity index (χ1v) is 6.00. The fourth-order valence-electron chi connectivity index (χ4n) is 1.98. The maximum absolute atomic E-state index is 5.71. The van der Waals surface area contributed by atoms with Crippen LogP contribution in [0.2, 0.25) is 0 Å². The number of hydrogen-bond donors (Lipinski definition) is 1. The van der Waals surface area contributed by atoms with Gasteiger partial charge in [-0.1, -0.05) is 0 Å². The van der Waals surface area contributed by atoms with Crippen molar-refractivity contribution in [3.63, 3.8) is 0 Å². The molecule has 2 N–H and O–H groups in total. The van der Waals surface area contributed by atoms with Gasteiger partial charge in [0.05, 0.1) is 32.6 Å². The largest absolute Gasteiger partial charge is 0.496 e. The van der Waals surface area contributed by atoms with Crippen LogP contribution in [-0.2, 0) is 0 Å². The second-order valence-corrected chi connectivity index (χ2v) is 4.16. The zero-order valence-electron chi connectivity index (χ0n) is 11.9. The first-order chi connectivity index (χ1) is 9.58. The molecular formula is C14H17N3O3. The summed E-state index contributed by atoms with van der Waals surface area (Å²) in [6.07, 6.45) is 0. The summed E-state index contributed by atoms with van der Waals surface area (Å²) >= 11 is 0. The summed E-state index contributed by atoms with van der Waals surface area (Å²) in [5, 5.41) is 0. The predicted molar refractivity (Wildman–Crippen MR) is 76.3 cm³/mol. The monoisotopic (exact) mass is 275 g/mol. The lowest BCUT2D eigenvalue weighted by Gasteiger charge is -2.15. The standard InChI is InChI=1S/C14H17N3O3/c1-8-5-10(17-14(15)16-8)13-11(19-3)6-9(18-2)7-12(13)20-4/h5-7H,1-4H3,(H2,15,16,17). The van der Waals surface area contributed by atoms with Crippen LogP contribution in [0.15, 0.2) is 18.2 Å². The highest BCUT2D eigenvalue weighted by Crippen LogP contribution is 2.41. The van der Waals surface area contributed by atoms with Gasteiger partial charge in [0.25, 0.3) is 0 Å². The smallest absolute Gasteiger partial charge is 0.220 e. The Hall–Kier alpha value is -2.50. The number of aromatic nitrogens is 2. The molecule has 1 aromatic carbocycles. The summed E-state index contributed by atoms with van der Waals surface area (Å²) in [7, 11) is 4.74. The molecule has 0 atom stereocenters. The summed E-state index contributed by atoms with van der Waals surface area (Å²) in [4.78, 5) is 8.31. The lowest BCUT2D eigenvalue weighted by atomic mass is 10.1. The molecule has 0 spiro atoms. The van der Waals surface area contributed by atoms with E-state index in [0.717, 1.165) is 5.69 Å². The van der Waals surface area contributed by atoms with Crippen molar-refractivity contribution in [1.82, 2.24) is 9.97 Å². The maximum Gasteiger partial charge on any atom is 0.220 e. The first-order valence-electron chi connectivity index (χ1n) is 6.00. The molecule has 0 amide bonds. The minimum absolute atomic E-state index is 0.208. The van der Waals surface area contributed by atoms with Crippen molar-refractivity contribution in [1.29, 1.82) is 0 Å². The van der Waals surface area contributed by atoms with Gasteiger partial charge in [0.1, 0.15) is 17.2 Å². The van der Waals surface area contributed by atoms with Crippen LogP contribution < -0.4 is 19.9 Å². The molecule has 6 nitrogen and oxygen atoms in total. The Balaban J connectivity index is 2.70. The van der Waals surface area contributed by atoms with Gasteiger partial charge in [0.2, 0.25) is 5.95 Å². The zero-order valence-corrected chi connectivity index (χ0v) is 11.9. The Bertz CT molecular complexity index is 584. The van der Waals surface area contributed by atoms with Crippen molar-refractivity contribution in [2.24, 2.45) is 0 Å². The number of nitrogen functional groups attached to an aromatic ring is 1. The van der Waals surface area contributed by atoms with Crippen LogP contribution in [0.25, 0.3) is 11.3 Å². The molecule has 0 fully saturated rings. The molecule has 1 aromatic heterocycles. The highest BCUT2D eigenvalue weighted by Gasteiger charge is 2.17. The molecule has 0 unspecified atom stereocenters. The third-order valence-corrected chi connectivity index (χ3v) is 2.84. The second-order valence-electron chi connectivity index (χ2n) is 4.16. The summed E-state index contributed by atoms with van der Waals surface area (Å²) in [6, 6.07) is 5.36. The van der Waals surface area contributed by atoms with Gasteiger partial charge in [-0.15, -0.1) is 0 Å². The average molecular weight is 275 g/mol. The number of benzene rings is 1. The molecule has 1 heterocycles. The topological polar surface area (TPSA) is 79.5 Å². The van der Waals surface area contributed by atoms with Crippen molar-refractivity contribution < 1.29 is 14.2 Å². The van der Waals surface area contributed by atoms with Crippen molar-refractivity contribution in [3.05, 3.63) is 23.9 Å². The third kappa shape index (κ3) is 2.59. The van der Waals surface area contributed by atoms with E-state index in [4.69, 9.17) is 19.9 Å². The van der Waals surface area contributed by atoms with E-state index >= 15 is 0 Å². The van der Waals surface area contributed by atoms with Gasteiger partial charge in [-0.25, -0.2) is 9.97 Å². The SMILES string of the molecule is COc1cc(OC)c(-c2cc(C)nc(N)n2)c(OC)c1. The van der Waals surface area contributed by atoms with Crippen LogP contribution in [0.3, 0.4) is 0 Å². The summed E-state index contributed by atoms with van der Waals surface area (Å²) in [6.45, 7) is 1.85. The van der Waals surface area contributed by atoms with Gasteiger partial charge < -0.3 is 19.9 Å². The summed E-state index contributed by atoms with van der Waals surface area (Å²) < 4.78 is 16.0. The fraction of sp³-hybridized carbons (Fsp3) is 0.286. The normalized spacial score (nSPS) is 10.2.